The van der Waals surface area contributed by atoms with Gasteiger partial charge in [0, 0.05) is 24.4 Å². The number of ether oxygens (including phenoxy) is 1. The van der Waals surface area contributed by atoms with Gasteiger partial charge in [0.1, 0.15) is 24.8 Å². The minimum Gasteiger partial charge on any atom is -0.491 e. The lowest BCUT2D eigenvalue weighted by Gasteiger charge is -2.27. The number of carbonyl (C=O) groups excluding carboxylic acids is 1. The maximum Gasteiger partial charge on any atom is 0.266 e. The number of nitrogens with zero attached hydrogens (tertiary/aromatic N) is 3. The zero-order chi connectivity index (χ0) is 22.9. The second-order valence-electron chi connectivity index (χ2n) is 7.14. The van der Waals surface area contributed by atoms with Crippen LogP contribution in [-0.4, -0.2) is 42.1 Å². The van der Waals surface area contributed by atoms with Crippen molar-refractivity contribution in [1.82, 2.24) is 9.88 Å². The molecule has 0 aliphatic carbocycles. The van der Waals surface area contributed by atoms with E-state index in [-0.39, 0.29) is 23.7 Å². The van der Waals surface area contributed by atoms with Crippen LogP contribution < -0.4 is 10.5 Å². The molecule has 3 aromatic rings. The van der Waals surface area contributed by atoms with E-state index in [4.69, 9.17) is 10.5 Å². The molecule has 1 atom stereocenters. The smallest absolute Gasteiger partial charge is 0.266 e. The van der Waals surface area contributed by atoms with Gasteiger partial charge in [-0.1, -0.05) is 18.2 Å². The summed E-state index contributed by atoms with van der Waals surface area (Å²) in [5.74, 6) is -1.59. The fourth-order valence-corrected chi connectivity index (χ4v) is 3.68. The fraction of sp³-hybridized carbons (Fsp3) is 0.174. The van der Waals surface area contributed by atoms with Crippen molar-refractivity contribution in [2.24, 2.45) is 10.7 Å². The Morgan fingerprint density at radius 2 is 1.78 bits per heavy atom. The summed E-state index contributed by atoms with van der Waals surface area (Å²) in [4.78, 5) is 22.6. The molecule has 1 unspecified atom stereocenters. The second-order valence-corrected chi connectivity index (χ2v) is 7.14. The predicted molar refractivity (Wildman–Crippen MR) is 113 cm³/mol. The topological polar surface area (TPSA) is 80.8 Å². The minimum absolute atomic E-state index is 0.0220. The predicted octanol–water partition coefficient (Wildman–Crippen LogP) is 3.41. The Morgan fingerprint density at radius 3 is 2.41 bits per heavy atom. The van der Waals surface area contributed by atoms with Crippen LogP contribution in [0.25, 0.3) is 11.1 Å². The molecule has 1 aliphatic rings. The number of carbonyl (C=O) groups is 1. The molecule has 164 valence electrons. The number of hydrogen-bond donors (Lipinski definition) is 1. The summed E-state index contributed by atoms with van der Waals surface area (Å²) in [7, 11) is 1.48. The molecule has 0 fully saturated rings. The zero-order valence-electron chi connectivity index (χ0n) is 17.1. The Balaban J connectivity index is 1.89. The molecular formula is C23H19F3N4O2. The van der Waals surface area contributed by atoms with E-state index in [1.807, 2.05) is 0 Å². The first kappa shape index (κ1) is 21.4. The summed E-state index contributed by atoms with van der Waals surface area (Å²) in [5, 5.41) is 0. The summed E-state index contributed by atoms with van der Waals surface area (Å²) in [6.07, 6.45) is 1.26. The molecular weight excluding hydrogens is 421 g/mol. The molecule has 4 rings (SSSR count). The van der Waals surface area contributed by atoms with Crippen LogP contribution in [0, 0.1) is 11.8 Å². The Labute approximate surface area is 182 Å². The minimum atomic E-state index is -1.61. The molecule has 2 aromatic carbocycles. The Bertz CT molecular complexity index is 1200. The van der Waals surface area contributed by atoms with Gasteiger partial charge in [-0.3, -0.25) is 9.69 Å². The van der Waals surface area contributed by atoms with Gasteiger partial charge in [-0.25, -0.2) is 18.8 Å². The Hall–Kier alpha value is -3.88. The number of halogens is 3. The van der Waals surface area contributed by atoms with Crippen molar-refractivity contribution in [1.29, 1.82) is 0 Å². The highest BCUT2D eigenvalue weighted by Gasteiger charge is 2.49. The van der Waals surface area contributed by atoms with Gasteiger partial charge in [0.15, 0.2) is 11.5 Å². The summed E-state index contributed by atoms with van der Waals surface area (Å²) in [5.41, 5.74) is 4.97. The summed E-state index contributed by atoms with van der Waals surface area (Å²) < 4.78 is 46.6. The fourth-order valence-electron chi connectivity index (χ4n) is 3.68. The lowest BCUT2D eigenvalue weighted by Crippen LogP contribution is -2.41. The van der Waals surface area contributed by atoms with Crippen molar-refractivity contribution in [3.63, 3.8) is 0 Å². The maximum atomic E-state index is 14.7. The van der Waals surface area contributed by atoms with E-state index in [0.717, 1.165) is 6.07 Å². The number of aromatic nitrogens is 1. The quantitative estimate of drug-likeness (QED) is 0.596. The first-order chi connectivity index (χ1) is 15.4. The molecule has 1 amide bonds. The van der Waals surface area contributed by atoms with Crippen molar-refractivity contribution in [2.45, 2.75) is 5.54 Å². The number of aliphatic imine (C=N–C) groups is 1. The first-order valence-electron chi connectivity index (χ1n) is 9.72. The van der Waals surface area contributed by atoms with Gasteiger partial charge in [0.05, 0.1) is 0 Å². The van der Waals surface area contributed by atoms with Crippen LogP contribution in [0.4, 0.5) is 13.2 Å². The highest BCUT2D eigenvalue weighted by atomic mass is 19.1. The monoisotopic (exact) mass is 440 g/mol. The van der Waals surface area contributed by atoms with Crippen LogP contribution in [0.2, 0.25) is 0 Å². The number of amides is 1. The Morgan fingerprint density at radius 1 is 1.06 bits per heavy atom. The molecule has 1 aromatic heterocycles. The largest absolute Gasteiger partial charge is 0.491 e. The summed E-state index contributed by atoms with van der Waals surface area (Å²) in [6.45, 7) is -0.742. The number of benzene rings is 2. The number of alkyl halides is 1. The molecule has 0 radical (unpaired) electrons. The number of rotatable bonds is 6. The number of hydrogen-bond acceptors (Lipinski definition) is 5. The lowest BCUT2D eigenvalue weighted by molar-refractivity contribution is -0.129. The van der Waals surface area contributed by atoms with E-state index in [2.05, 4.69) is 9.98 Å². The molecule has 2 heterocycles. The van der Waals surface area contributed by atoms with Crippen molar-refractivity contribution in [3.8, 4) is 16.9 Å². The van der Waals surface area contributed by atoms with E-state index >= 15 is 0 Å². The van der Waals surface area contributed by atoms with E-state index < -0.39 is 29.9 Å². The van der Waals surface area contributed by atoms with Crippen LogP contribution >= 0.6 is 0 Å². The van der Waals surface area contributed by atoms with Gasteiger partial charge >= 0.3 is 0 Å². The van der Waals surface area contributed by atoms with Crippen molar-refractivity contribution in [3.05, 3.63) is 83.7 Å². The van der Waals surface area contributed by atoms with Crippen molar-refractivity contribution < 1.29 is 22.7 Å². The molecule has 0 bridgehead atoms. The van der Waals surface area contributed by atoms with Gasteiger partial charge in [-0.2, -0.15) is 4.39 Å². The van der Waals surface area contributed by atoms with Gasteiger partial charge in [0.2, 0.25) is 5.95 Å². The van der Waals surface area contributed by atoms with Crippen LogP contribution in [0.1, 0.15) is 11.1 Å². The highest BCUT2D eigenvalue weighted by Crippen LogP contribution is 2.41. The Kier molecular flexibility index (Phi) is 5.56. The third-order valence-corrected chi connectivity index (χ3v) is 5.29. The number of pyridine rings is 1. The molecule has 1 aliphatic heterocycles. The van der Waals surface area contributed by atoms with Crippen LogP contribution in [0.5, 0.6) is 5.75 Å². The number of likely N-dealkylation sites (N-methyl/N-ethyl adjacent to an activating group) is 1. The number of guanidine groups is 1. The molecule has 32 heavy (non-hydrogen) atoms. The molecule has 9 heteroatoms. The molecule has 0 spiro atoms. The maximum absolute atomic E-state index is 14.7. The van der Waals surface area contributed by atoms with E-state index in [1.165, 1.54) is 42.4 Å². The van der Waals surface area contributed by atoms with Crippen molar-refractivity contribution in [2.75, 3.05) is 20.3 Å². The molecule has 0 saturated carbocycles. The average molecular weight is 440 g/mol. The number of nitrogens with two attached hydrogens (primary N) is 1. The highest BCUT2D eigenvalue weighted by molar-refractivity contribution is 6.09. The molecule has 6 nitrogen and oxygen atoms in total. The van der Waals surface area contributed by atoms with Gasteiger partial charge in [0.25, 0.3) is 5.91 Å². The average Bonchev–Trinajstić information content (AvgIpc) is 3.03. The lowest BCUT2D eigenvalue weighted by atomic mass is 9.81. The third-order valence-electron chi connectivity index (χ3n) is 5.29. The van der Waals surface area contributed by atoms with Crippen molar-refractivity contribution >= 4 is 11.9 Å². The van der Waals surface area contributed by atoms with Gasteiger partial charge in [-0.05, 0) is 47.5 Å². The van der Waals surface area contributed by atoms with E-state index in [9.17, 15) is 18.0 Å². The molecule has 2 N–H and O–H groups in total. The third kappa shape index (κ3) is 3.45. The van der Waals surface area contributed by atoms with E-state index in [1.54, 1.807) is 24.3 Å². The second kappa shape index (κ2) is 8.33. The standard InChI is InChI=1S/C23H19F3N4O2/c1-30-21(31)23(29-22(30)27,14-4-7-16(8-5-14)32-12-10-24)15-6-9-19(25)18(13-15)17-3-2-11-28-20(17)26/h2-9,11,13H,10,12H2,1H3,(H2,27,29). The van der Waals surface area contributed by atoms with Gasteiger partial charge in [-0.15, -0.1) is 0 Å². The van der Waals surface area contributed by atoms with Crippen LogP contribution in [0.3, 0.4) is 0 Å². The van der Waals surface area contributed by atoms with E-state index in [0.29, 0.717) is 16.9 Å². The zero-order valence-corrected chi connectivity index (χ0v) is 17.1. The normalized spacial score (nSPS) is 18.1. The summed E-state index contributed by atoms with van der Waals surface area (Å²) in [6, 6.07) is 13.2. The van der Waals surface area contributed by atoms with Gasteiger partial charge < -0.3 is 10.5 Å². The van der Waals surface area contributed by atoms with Crippen LogP contribution in [-0.2, 0) is 10.3 Å². The SMILES string of the molecule is CN1C(=O)C(c2ccc(OCCF)cc2)(c2ccc(F)c(-c3cccnc3F)c2)N=C1N. The van der Waals surface area contributed by atoms with Crippen LogP contribution in [0.15, 0.2) is 65.8 Å². The first-order valence-corrected chi connectivity index (χ1v) is 9.72. The molecule has 0 saturated heterocycles. The summed E-state index contributed by atoms with van der Waals surface area (Å²) >= 11 is 0.